The van der Waals surface area contributed by atoms with Gasteiger partial charge in [-0.3, -0.25) is 0 Å². The fourth-order valence-corrected chi connectivity index (χ4v) is 2.21. The van der Waals surface area contributed by atoms with Gasteiger partial charge in [0.1, 0.15) is 0 Å². The van der Waals surface area contributed by atoms with Crippen molar-refractivity contribution in [2.24, 2.45) is 0 Å². The molecule has 0 fully saturated rings. The normalized spacial score (nSPS) is 11.3. The third-order valence-electron chi connectivity index (χ3n) is 2.49. The molecule has 2 aromatic rings. The van der Waals surface area contributed by atoms with E-state index in [4.69, 9.17) is 0 Å². The first kappa shape index (κ1) is 12.3. The van der Waals surface area contributed by atoms with Crippen LogP contribution in [0.3, 0.4) is 0 Å². The number of aryl methyl sites for hydroxylation is 1. The first-order valence-electron chi connectivity index (χ1n) is 5.78. The molecule has 4 nitrogen and oxygen atoms in total. The summed E-state index contributed by atoms with van der Waals surface area (Å²) < 4.78 is 2.14. The van der Waals surface area contributed by atoms with Gasteiger partial charge in [0.15, 0.2) is 0 Å². The summed E-state index contributed by atoms with van der Waals surface area (Å²) in [7, 11) is 0. The SMILES string of the molecule is Cc1nc(Cn2cncc2CNC(C)C)cs1. The van der Waals surface area contributed by atoms with Gasteiger partial charge in [0.25, 0.3) is 0 Å². The highest BCUT2D eigenvalue weighted by Crippen LogP contribution is 2.10. The van der Waals surface area contributed by atoms with Gasteiger partial charge in [-0.25, -0.2) is 9.97 Å². The number of rotatable bonds is 5. The Morgan fingerprint density at radius 1 is 1.47 bits per heavy atom. The number of hydrogen-bond acceptors (Lipinski definition) is 4. The zero-order valence-corrected chi connectivity index (χ0v) is 11.3. The molecule has 0 unspecified atom stereocenters. The van der Waals surface area contributed by atoms with Gasteiger partial charge in [-0.2, -0.15) is 0 Å². The molecule has 2 heterocycles. The molecule has 5 heteroatoms. The van der Waals surface area contributed by atoms with E-state index >= 15 is 0 Å². The average Bonchev–Trinajstić information content (AvgIpc) is 2.86. The number of hydrogen-bond donors (Lipinski definition) is 1. The van der Waals surface area contributed by atoms with Crippen molar-refractivity contribution >= 4 is 11.3 Å². The molecule has 0 aromatic carbocycles. The molecule has 92 valence electrons. The van der Waals surface area contributed by atoms with Crippen molar-refractivity contribution in [2.45, 2.75) is 39.9 Å². The predicted molar refractivity (Wildman–Crippen MR) is 70.2 cm³/mol. The maximum absolute atomic E-state index is 4.47. The lowest BCUT2D eigenvalue weighted by Gasteiger charge is -2.10. The standard InChI is InChI=1S/C12H18N4S/c1-9(2)14-5-12-4-13-8-16(12)6-11-7-17-10(3)15-11/h4,7-9,14H,5-6H2,1-3H3. The second kappa shape index (κ2) is 5.42. The molecule has 17 heavy (non-hydrogen) atoms. The Morgan fingerprint density at radius 3 is 2.94 bits per heavy atom. The van der Waals surface area contributed by atoms with E-state index in [-0.39, 0.29) is 0 Å². The van der Waals surface area contributed by atoms with E-state index in [1.165, 1.54) is 5.69 Å². The average molecular weight is 250 g/mol. The minimum absolute atomic E-state index is 0.486. The zero-order chi connectivity index (χ0) is 12.3. The lowest BCUT2D eigenvalue weighted by atomic mass is 10.3. The molecule has 0 saturated heterocycles. The maximum atomic E-state index is 4.47. The molecule has 0 aliphatic heterocycles. The highest BCUT2D eigenvalue weighted by Gasteiger charge is 2.05. The zero-order valence-electron chi connectivity index (χ0n) is 10.5. The highest BCUT2D eigenvalue weighted by atomic mass is 32.1. The van der Waals surface area contributed by atoms with Crippen molar-refractivity contribution in [2.75, 3.05) is 0 Å². The Labute approximate surface area is 106 Å². The van der Waals surface area contributed by atoms with Crippen molar-refractivity contribution in [3.63, 3.8) is 0 Å². The quantitative estimate of drug-likeness (QED) is 0.884. The Morgan fingerprint density at radius 2 is 2.29 bits per heavy atom. The fourth-order valence-electron chi connectivity index (χ4n) is 1.60. The van der Waals surface area contributed by atoms with Crippen LogP contribution in [0, 0.1) is 6.92 Å². The number of imidazole rings is 1. The third-order valence-corrected chi connectivity index (χ3v) is 3.31. The van der Waals surface area contributed by atoms with Crippen LogP contribution in [0.5, 0.6) is 0 Å². The van der Waals surface area contributed by atoms with E-state index in [9.17, 15) is 0 Å². The summed E-state index contributed by atoms with van der Waals surface area (Å²) in [5, 5.41) is 6.62. The van der Waals surface area contributed by atoms with Crippen molar-refractivity contribution in [3.05, 3.63) is 34.3 Å². The fraction of sp³-hybridized carbons (Fsp3) is 0.500. The minimum atomic E-state index is 0.486. The van der Waals surface area contributed by atoms with Crippen molar-refractivity contribution in [3.8, 4) is 0 Å². The van der Waals surface area contributed by atoms with Crippen LogP contribution in [0.15, 0.2) is 17.9 Å². The molecule has 0 aliphatic rings. The van der Waals surface area contributed by atoms with Gasteiger partial charge in [-0.1, -0.05) is 13.8 Å². The van der Waals surface area contributed by atoms with Crippen LogP contribution in [0.1, 0.15) is 30.2 Å². The van der Waals surface area contributed by atoms with Crippen molar-refractivity contribution in [1.29, 1.82) is 0 Å². The van der Waals surface area contributed by atoms with Gasteiger partial charge in [-0.15, -0.1) is 11.3 Å². The predicted octanol–water partition coefficient (Wildman–Crippen LogP) is 2.19. The van der Waals surface area contributed by atoms with Crippen LogP contribution in [0.2, 0.25) is 0 Å². The van der Waals surface area contributed by atoms with E-state index in [1.807, 2.05) is 19.4 Å². The molecular weight excluding hydrogens is 232 g/mol. The van der Waals surface area contributed by atoms with Crippen LogP contribution in [-0.2, 0) is 13.1 Å². The number of thiazole rings is 1. The first-order chi connectivity index (χ1) is 8.15. The Kier molecular flexibility index (Phi) is 3.91. The molecule has 0 amide bonds. The summed E-state index contributed by atoms with van der Waals surface area (Å²) in [4.78, 5) is 8.67. The van der Waals surface area contributed by atoms with Gasteiger partial charge in [0.2, 0.25) is 0 Å². The summed E-state index contributed by atoms with van der Waals surface area (Å²) in [6.07, 6.45) is 3.78. The van der Waals surface area contributed by atoms with Crippen LogP contribution in [-0.4, -0.2) is 20.6 Å². The largest absolute Gasteiger partial charge is 0.327 e. The number of nitrogens with zero attached hydrogens (tertiary/aromatic N) is 3. The Bertz CT molecular complexity index is 472. The van der Waals surface area contributed by atoms with Crippen LogP contribution >= 0.6 is 11.3 Å². The first-order valence-corrected chi connectivity index (χ1v) is 6.66. The summed E-state index contributed by atoms with van der Waals surface area (Å²) >= 11 is 1.69. The van der Waals surface area contributed by atoms with Crippen molar-refractivity contribution < 1.29 is 0 Å². The van der Waals surface area contributed by atoms with E-state index in [1.54, 1.807) is 11.3 Å². The summed E-state index contributed by atoms with van der Waals surface area (Å²) in [5.74, 6) is 0. The van der Waals surface area contributed by atoms with Gasteiger partial charge in [0, 0.05) is 24.2 Å². The second-order valence-electron chi connectivity index (χ2n) is 4.41. The molecule has 0 bridgehead atoms. The molecule has 0 radical (unpaired) electrons. The molecule has 2 rings (SSSR count). The van der Waals surface area contributed by atoms with E-state index in [0.29, 0.717) is 6.04 Å². The van der Waals surface area contributed by atoms with Crippen LogP contribution in [0.4, 0.5) is 0 Å². The third kappa shape index (κ3) is 3.38. The monoisotopic (exact) mass is 250 g/mol. The Hall–Kier alpha value is -1.20. The van der Waals surface area contributed by atoms with E-state index in [0.717, 1.165) is 23.8 Å². The lowest BCUT2D eigenvalue weighted by Crippen LogP contribution is -2.23. The second-order valence-corrected chi connectivity index (χ2v) is 5.47. The van der Waals surface area contributed by atoms with Gasteiger partial charge in [-0.05, 0) is 6.92 Å². The minimum Gasteiger partial charge on any atom is -0.327 e. The maximum Gasteiger partial charge on any atom is 0.0952 e. The van der Waals surface area contributed by atoms with Crippen molar-refractivity contribution in [1.82, 2.24) is 19.9 Å². The smallest absolute Gasteiger partial charge is 0.0952 e. The molecule has 0 spiro atoms. The lowest BCUT2D eigenvalue weighted by molar-refractivity contribution is 0.563. The molecule has 0 aliphatic carbocycles. The molecule has 1 N–H and O–H groups in total. The van der Waals surface area contributed by atoms with Crippen LogP contribution in [0.25, 0.3) is 0 Å². The topological polar surface area (TPSA) is 42.7 Å². The summed E-state index contributed by atoms with van der Waals surface area (Å²) in [6, 6.07) is 0.486. The van der Waals surface area contributed by atoms with Gasteiger partial charge in [0.05, 0.1) is 29.3 Å². The molecule has 0 saturated carbocycles. The number of nitrogens with one attached hydrogen (secondary N) is 1. The summed E-state index contributed by atoms with van der Waals surface area (Å²) in [6.45, 7) is 7.97. The molecular formula is C12H18N4S. The number of aromatic nitrogens is 3. The van der Waals surface area contributed by atoms with E-state index < -0.39 is 0 Å². The van der Waals surface area contributed by atoms with Crippen LogP contribution < -0.4 is 5.32 Å². The van der Waals surface area contributed by atoms with Gasteiger partial charge >= 0.3 is 0 Å². The van der Waals surface area contributed by atoms with Gasteiger partial charge < -0.3 is 9.88 Å². The molecule has 2 aromatic heterocycles. The molecule has 0 atom stereocenters. The van der Waals surface area contributed by atoms with E-state index in [2.05, 4.69) is 39.1 Å². The summed E-state index contributed by atoms with van der Waals surface area (Å²) in [5.41, 5.74) is 2.31. The Balaban J connectivity index is 2.03. The highest BCUT2D eigenvalue weighted by molar-refractivity contribution is 7.09.